The first kappa shape index (κ1) is 14.8. The summed E-state index contributed by atoms with van der Waals surface area (Å²) in [4.78, 5) is 3.71. The van der Waals surface area contributed by atoms with Gasteiger partial charge in [0.25, 0.3) is 0 Å². The zero-order chi connectivity index (χ0) is 16.9. The van der Waals surface area contributed by atoms with Crippen LogP contribution in [0.3, 0.4) is 0 Å². The van der Waals surface area contributed by atoms with E-state index in [1.165, 1.54) is 6.07 Å². The summed E-state index contributed by atoms with van der Waals surface area (Å²) >= 11 is 0. The number of rotatable bonds is 1. The SMILES string of the molecule is N#CC1(c2ccc3c(c2)NCc2ccc(C(F)(F)F)nc2N3)CC1. The van der Waals surface area contributed by atoms with Gasteiger partial charge in [0.2, 0.25) is 0 Å². The molecular weight excluding hydrogens is 317 g/mol. The smallest absolute Gasteiger partial charge is 0.379 e. The van der Waals surface area contributed by atoms with E-state index < -0.39 is 17.3 Å². The van der Waals surface area contributed by atoms with Crippen molar-refractivity contribution in [2.75, 3.05) is 10.6 Å². The largest absolute Gasteiger partial charge is 0.433 e. The van der Waals surface area contributed by atoms with Gasteiger partial charge in [-0.2, -0.15) is 18.4 Å². The van der Waals surface area contributed by atoms with Gasteiger partial charge in [0.15, 0.2) is 0 Å². The number of benzene rings is 1. The van der Waals surface area contributed by atoms with Crippen molar-refractivity contribution < 1.29 is 13.2 Å². The van der Waals surface area contributed by atoms with E-state index in [1.807, 2.05) is 12.1 Å². The molecule has 4 nitrogen and oxygen atoms in total. The van der Waals surface area contributed by atoms with Crippen LogP contribution in [0.1, 0.15) is 29.7 Å². The molecule has 0 atom stereocenters. The summed E-state index contributed by atoms with van der Waals surface area (Å²) in [6.07, 6.45) is -2.80. The average molecular weight is 330 g/mol. The molecule has 7 heteroatoms. The monoisotopic (exact) mass is 330 g/mol. The molecule has 1 fully saturated rings. The van der Waals surface area contributed by atoms with Crippen molar-refractivity contribution in [3.05, 3.63) is 47.2 Å². The second kappa shape index (κ2) is 4.87. The summed E-state index contributed by atoms with van der Waals surface area (Å²) in [5, 5.41) is 15.5. The minimum Gasteiger partial charge on any atom is -0.379 e. The van der Waals surface area contributed by atoms with Crippen LogP contribution in [0.15, 0.2) is 30.3 Å². The number of hydrogen-bond donors (Lipinski definition) is 2. The Balaban J connectivity index is 1.71. The highest BCUT2D eigenvalue weighted by atomic mass is 19.4. The maximum atomic E-state index is 12.8. The number of alkyl halides is 3. The third-order valence-electron chi connectivity index (χ3n) is 4.53. The number of aromatic nitrogens is 1. The lowest BCUT2D eigenvalue weighted by atomic mass is 9.97. The normalized spacial score (nSPS) is 17.4. The van der Waals surface area contributed by atoms with E-state index in [0.717, 1.165) is 30.2 Å². The maximum absolute atomic E-state index is 12.8. The van der Waals surface area contributed by atoms with Crippen molar-refractivity contribution in [3.8, 4) is 6.07 Å². The fourth-order valence-corrected chi connectivity index (χ4v) is 2.90. The van der Waals surface area contributed by atoms with E-state index >= 15 is 0 Å². The maximum Gasteiger partial charge on any atom is 0.433 e. The van der Waals surface area contributed by atoms with Gasteiger partial charge in [-0.1, -0.05) is 12.1 Å². The lowest BCUT2D eigenvalue weighted by Gasteiger charge is -2.13. The Morgan fingerprint density at radius 3 is 2.58 bits per heavy atom. The number of nitrogens with one attached hydrogen (secondary N) is 2. The predicted octanol–water partition coefficient (Wildman–Crippen LogP) is 4.32. The molecule has 0 saturated heterocycles. The molecule has 2 heterocycles. The first-order valence-corrected chi connectivity index (χ1v) is 7.55. The second-order valence-corrected chi connectivity index (χ2v) is 6.13. The second-order valence-electron chi connectivity index (χ2n) is 6.13. The highest BCUT2D eigenvalue weighted by Gasteiger charge is 2.45. The van der Waals surface area contributed by atoms with Crippen LogP contribution in [0.4, 0.5) is 30.4 Å². The summed E-state index contributed by atoms with van der Waals surface area (Å²) in [5.41, 5.74) is 1.68. The number of halogens is 3. The average Bonchev–Trinajstić information content (AvgIpc) is 3.36. The molecule has 1 saturated carbocycles. The molecular formula is C17H13F3N4. The number of hydrogen-bond acceptors (Lipinski definition) is 4. The van der Waals surface area contributed by atoms with Crippen LogP contribution in [0.25, 0.3) is 0 Å². The summed E-state index contributed by atoms with van der Waals surface area (Å²) in [7, 11) is 0. The fourth-order valence-electron chi connectivity index (χ4n) is 2.90. The van der Waals surface area contributed by atoms with Crippen LogP contribution in [-0.4, -0.2) is 4.98 Å². The number of pyridine rings is 1. The van der Waals surface area contributed by atoms with Crippen molar-refractivity contribution in [1.82, 2.24) is 4.98 Å². The molecule has 0 bridgehead atoms. The molecule has 0 radical (unpaired) electrons. The lowest BCUT2D eigenvalue weighted by molar-refractivity contribution is -0.141. The van der Waals surface area contributed by atoms with Crippen LogP contribution >= 0.6 is 0 Å². The molecule has 2 aliphatic rings. The summed E-state index contributed by atoms with van der Waals surface area (Å²) < 4.78 is 38.5. The van der Waals surface area contributed by atoms with E-state index in [9.17, 15) is 18.4 Å². The van der Waals surface area contributed by atoms with E-state index in [2.05, 4.69) is 21.7 Å². The van der Waals surface area contributed by atoms with Crippen LogP contribution in [0, 0.1) is 11.3 Å². The first-order valence-electron chi connectivity index (χ1n) is 7.55. The molecule has 4 rings (SSSR count). The third kappa shape index (κ3) is 2.35. The van der Waals surface area contributed by atoms with Crippen LogP contribution < -0.4 is 10.6 Å². The van der Waals surface area contributed by atoms with E-state index in [1.54, 1.807) is 6.07 Å². The van der Waals surface area contributed by atoms with Crippen molar-refractivity contribution >= 4 is 17.2 Å². The fraction of sp³-hybridized carbons (Fsp3) is 0.294. The molecule has 24 heavy (non-hydrogen) atoms. The summed E-state index contributed by atoms with van der Waals surface area (Å²) in [6.45, 7) is 0.365. The van der Waals surface area contributed by atoms with E-state index in [4.69, 9.17) is 0 Å². The molecule has 122 valence electrons. The van der Waals surface area contributed by atoms with E-state index in [0.29, 0.717) is 17.8 Å². The standard InChI is InChI=1S/C17H13F3N4/c18-17(19,20)14-4-1-10-8-22-13-7-11(16(9-21)5-6-16)2-3-12(13)23-15(10)24-14/h1-4,7,22H,5-6,8H2,(H,23,24). The van der Waals surface area contributed by atoms with Crippen LogP contribution in [0.5, 0.6) is 0 Å². The minimum absolute atomic E-state index is 0.199. The molecule has 0 unspecified atom stereocenters. The molecule has 1 aliphatic heterocycles. The Morgan fingerprint density at radius 1 is 1.12 bits per heavy atom. The van der Waals surface area contributed by atoms with Gasteiger partial charge < -0.3 is 10.6 Å². The minimum atomic E-state index is -4.48. The van der Waals surface area contributed by atoms with Crippen molar-refractivity contribution in [3.63, 3.8) is 0 Å². The topological polar surface area (TPSA) is 60.7 Å². The van der Waals surface area contributed by atoms with Gasteiger partial charge in [-0.25, -0.2) is 4.98 Å². The molecule has 1 aliphatic carbocycles. The molecule has 2 N–H and O–H groups in total. The Kier molecular flexibility index (Phi) is 3.01. The number of anilines is 3. The number of nitriles is 1. The molecule has 1 aromatic heterocycles. The highest BCUT2D eigenvalue weighted by Crippen LogP contribution is 2.49. The molecule has 0 amide bonds. The van der Waals surface area contributed by atoms with Gasteiger partial charge in [-0.3, -0.25) is 0 Å². The van der Waals surface area contributed by atoms with Gasteiger partial charge in [0.05, 0.1) is 22.9 Å². The highest BCUT2D eigenvalue weighted by molar-refractivity contribution is 5.77. The number of fused-ring (bicyclic) bond motifs is 2. The Bertz CT molecular complexity index is 863. The molecule has 0 spiro atoms. The predicted molar refractivity (Wildman–Crippen MR) is 82.8 cm³/mol. The zero-order valence-corrected chi connectivity index (χ0v) is 12.5. The number of nitrogens with zero attached hydrogens (tertiary/aromatic N) is 2. The Labute approximate surface area is 136 Å². The molecule has 1 aromatic carbocycles. The van der Waals surface area contributed by atoms with Gasteiger partial charge in [-0.15, -0.1) is 0 Å². The van der Waals surface area contributed by atoms with Crippen LogP contribution in [0.2, 0.25) is 0 Å². The van der Waals surface area contributed by atoms with Gasteiger partial charge >= 0.3 is 6.18 Å². The Hall–Kier alpha value is -2.75. The van der Waals surface area contributed by atoms with Gasteiger partial charge in [0, 0.05) is 12.1 Å². The summed E-state index contributed by atoms with van der Waals surface area (Å²) in [5.74, 6) is 0.199. The molecule has 2 aromatic rings. The van der Waals surface area contributed by atoms with Gasteiger partial charge in [-0.05, 0) is 36.6 Å². The van der Waals surface area contributed by atoms with Gasteiger partial charge in [0.1, 0.15) is 11.5 Å². The Morgan fingerprint density at radius 2 is 1.92 bits per heavy atom. The van der Waals surface area contributed by atoms with Crippen LogP contribution in [-0.2, 0) is 18.1 Å². The van der Waals surface area contributed by atoms with Crippen molar-refractivity contribution in [2.24, 2.45) is 0 Å². The summed E-state index contributed by atoms with van der Waals surface area (Å²) in [6, 6.07) is 10.3. The lowest BCUT2D eigenvalue weighted by Crippen LogP contribution is -2.10. The zero-order valence-electron chi connectivity index (χ0n) is 12.5. The van der Waals surface area contributed by atoms with Crippen molar-refractivity contribution in [2.45, 2.75) is 31.0 Å². The van der Waals surface area contributed by atoms with E-state index in [-0.39, 0.29) is 5.82 Å². The first-order chi connectivity index (χ1) is 11.4. The van der Waals surface area contributed by atoms with Crippen molar-refractivity contribution in [1.29, 1.82) is 5.26 Å². The third-order valence-corrected chi connectivity index (χ3v) is 4.53. The quantitative estimate of drug-likeness (QED) is 0.817.